The minimum absolute atomic E-state index is 0.0353. The highest BCUT2D eigenvalue weighted by Gasteiger charge is 2.12. The van der Waals surface area contributed by atoms with Crippen LogP contribution in [0.5, 0.6) is 11.5 Å². The number of carbonyl (C=O) groups excluding carboxylic acids is 1. The fourth-order valence-corrected chi connectivity index (χ4v) is 2.58. The molecule has 1 N–H and O–H groups in total. The van der Waals surface area contributed by atoms with E-state index in [1.807, 2.05) is 16.8 Å². The summed E-state index contributed by atoms with van der Waals surface area (Å²) in [5.74, 6) is 1.18. The summed E-state index contributed by atoms with van der Waals surface area (Å²) in [6.07, 6.45) is -0.142. The van der Waals surface area contributed by atoms with Gasteiger partial charge in [0.15, 0.2) is 6.61 Å². The molecule has 1 amide bonds. The summed E-state index contributed by atoms with van der Waals surface area (Å²) >= 11 is 1.60. The molecule has 6 heteroatoms. The predicted octanol–water partition coefficient (Wildman–Crippen LogP) is 2.64. The Bertz CT molecular complexity index is 568. The van der Waals surface area contributed by atoms with Crippen molar-refractivity contribution < 1.29 is 19.0 Å². The average Bonchev–Trinajstić information content (AvgIpc) is 3.08. The van der Waals surface area contributed by atoms with E-state index in [-0.39, 0.29) is 18.6 Å². The Hall–Kier alpha value is -2.05. The summed E-state index contributed by atoms with van der Waals surface area (Å²) in [5.41, 5.74) is 1.06. The van der Waals surface area contributed by atoms with Gasteiger partial charge in [-0.1, -0.05) is 0 Å². The minimum atomic E-state index is -0.187. The molecular formula is C16H19NO4S. The molecule has 2 aromatic rings. The molecule has 0 saturated carbocycles. The third-order valence-electron chi connectivity index (χ3n) is 3.11. The second kappa shape index (κ2) is 8.41. The summed E-state index contributed by atoms with van der Waals surface area (Å²) in [6, 6.07) is 9.07. The monoisotopic (exact) mass is 321 g/mol. The number of rotatable bonds is 8. The average molecular weight is 321 g/mol. The Kier molecular flexibility index (Phi) is 6.24. The topological polar surface area (TPSA) is 56.8 Å². The SMILES string of the molecule is COc1ccc(OCC(=O)NCC(OC)c2ccsc2)cc1. The van der Waals surface area contributed by atoms with E-state index in [0.717, 1.165) is 11.3 Å². The van der Waals surface area contributed by atoms with Crippen LogP contribution in [0.25, 0.3) is 0 Å². The van der Waals surface area contributed by atoms with Crippen molar-refractivity contribution in [2.24, 2.45) is 0 Å². The van der Waals surface area contributed by atoms with Gasteiger partial charge in [-0.25, -0.2) is 0 Å². The maximum Gasteiger partial charge on any atom is 0.258 e. The second-order valence-electron chi connectivity index (χ2n) is 4.55. The van der Waals surface area contributed by atoms with E-state index >= 15 is 0 Å². The zero-order valence-corrected chi connectivity index (χ0v) is 13.4. The summed E-state index contributed by atoms with van der Waals surface area (Å²) < 4.78 is 15.8. The van der Waals surface area contributed by atoms with E-state index in [0.29, 0.717) is 12.3 Å². The third-order valence-corrected chi connectivity index (χ3v) is 3.81. The molecule has 1 aromatic heterocycles. The standard InChI is InChI=1S/C16H19NO4S/c1-19-13-3-5-14(6-4-13)21-10-16(18)17-9-15(20-2)12-7-8-22-11-12/h3-8,11,15H,9-10H2,1-2H3,(H,17,18). The van der Waals surface area contributed by atoms with Gasteiger partial charge in [0.25, 0.3) is 5.91 Å². The van der Waals surface area contributed by atoms with Gasteiger partial charge in [0, 0.05) is 13.7 Å². The van der Waals surface area contributed by atoms with Gasteiger partial charge in [-0.15, -0.1) is 0 Å². The van der Waals surface area contributed by atoms with Gasteiger partial charge in [0.1, 0.15) is 17.6 Å². The van der Waals surface area contributed by atoms with Crippen molar-refractivity contribution >= 4 is 17.2 Å². The van der Waals surface area contributed by atoms with E-state index in [2.05, 4.69) is 5.32 Å². The molecule has 0 fully saturated rings. The third kappa shape index (κ3) is 4.75. The molecule has 0 radical (unpaired) electrons. The largest absolute Gasteiger partial charge is 0.497 e. The molecule has 0 saturated heterocycles. The normalized spacial score (nSPS) is 11.7. The molecule has 0 spiro atoms. The highest BCUT2D eigenvalue weighted by atomic mass is 32.1. The molecular weight excluding hydrogens is 302 g/mol. The van der Waals surface area contributed by atoms with Crippen LogP contribution >= 0.6 is 11.3 Å². The van der Waals surface area contributed by atoms with E-state index in [4.69, 9.17) is 14.2 Å². The first kappa shape index (κ1) is 16.3. The number of hydrogen-bond donors (Lipinski definition) is 1. The van der Waals surface area contributed by atoms with Crippen molar-refractivity contribution in [3.63, 3.8) is 0 Å². The van der Waals surface area contributed by atoms with Gasteiger partial charge >= 0.3 is 0 Å². The second-order valence-corrected chi connectivity index (χ2v) is 5.33. The highest BCUT2D eigenvalue weighted by Crippen LogP contribution is 2.19. The fourth-order valence-electron chi connectivity index (χ4n) is 1.87. The van der Waals surface area contributed by atoms with Crippen molar-refractivity contribution in [2.45, 2.75) is 6.10 Å². The number of thiophene rings is 1. The van der Waals surface area contributed by atoms with Gasteiger partial charge < -0.3 is 19.5 Å². The number of ether oxygens (including phenoxy) is 3. The summed E-state index contributed by atoms with van der Waals surface area (Å²) in [7, 11) is 3.23. The van der Waals surface area contributed by atoms with Crippen molar-refractivity contribution in [3.05, 3.63) is 46.7 Å². The summed E-state index contributed by atoms with van der Waals surface area (Å²) in [4.78, 5) is 11.8. The molecule has 1 heterocycles. The number of amides is 1. The minimum Gasteiger partial charge on any atom is -0.497 e. The predicted molar refractivity (Wildman–Crippen MR) is 85.6 cm³/mol. The van der Waals surface area contributed by atoms with Gasteiger partial charge in [-0.05, 0) is 46.7 Å². The number of benzene rings is 1. The van der Waals surface area contributed by atoms with Crippen LogP contribution in [-0.4, -0.2) is 33.3 Å². The van der Waals surface area contributed by atoms with Crippen molar-refractivity contribution in [2.75, 3.05) is 27.4 Å². The summed E-state index contributed by atoms with van der Waals surface area (Å²) in [6.45, 7) is 0.379. The van der Waals surface area contributed by atoms with Crippen LogP contribution in [0.1, 0.15) is 11.7 Å². The molecule has 22 heavy (non-hydrogen) atoms. The highest BCUT2D eigenvalue weighted by molar-refractivity contribution is 7.07. The number of methoxy groups -OCH3 is 2. The Balaban J connectivity index is 1.75. The first-order valence-corrected chi connectivity index (χ1v) is 7.75. The van der Waals surface area contributed by atoms with Crippen LogP contribution in [0, 0.1) is 0 Å². The lowest BCUT2D eigenvalue weighted by molar-refractivity contribution is -0.123. The molecule has 0 bridgehead atoms. The molecule has 0 aliphatic heterocycles. The first-order chi connectivity index (χ1) is 10.7. The Morgan fingerprint density at radius 3 is 2.50 bits per heavy atom. The molecule has 118 valence electrons. The zero-order chi connectivity index (χ0) is 15.8. The van der Waals surface area contributed by atoms with Crippen LogP contribution in [0.2, 0.25) is 0 Å². The molecule has 0 aliphatic rings. The lowest BCUT2D eigenvalue weighted by atomic mass is 10.2. The fraction of sp³-hybridized carbons (Fsp3) is 0.312. The first-order valence-electron chi connectivity index (χ1n) is 6.81. The Labute approximate surface area is 133 Å². The van der Waals surface area contributed by atoms with Crippen LogP contribution in [0.4, 0.5) is 0 Å². The number of carbonyl (C=O) groups is 1. The summed E-state index contributed by atoms with van der Waals surface area (Å²) in [5, 5.41) is 6.80. The van der Waals surface area contributed by atoms with E-state index in [1.165, 1.54) is 0 Å². The molecule has 0 aliphatic carbocycles. The molecule has 2 rings (SSSR count). The lowest BCUT2D eigenvalue weighted by Crippen LogP contribution is -2.32. The van der Waals surface area contributed by atoms with Crippen LogP contribution < -0.4 is 14.8 Å². The maximum absolute atomic E-state index is 11.8. The van der Waals surface area contributed by atoms with Crippen molar-refractivity contribution in [1.29, 1.82) is 0 Å². The van der Waals surface area contributed by atoms with Crippen molar-refractivity contribution in [3.8, 4) is 11.5 Å². The smallest absolute Gasteiger partial charge is 0.258 e. The van der Waals surface area contributed by atoms with Gasteiger partial charge in [0.05, 0.1) is 7.11 Å². The van der Waals surface area contributed by atoms with Gasteiger partial charge in [0.2, 0.25) is 0 Å². The van der Waals surface area contributed by atoms with E-state index < -0.39 is 0 Å². The Morgan fingerprint density at radius 1 is 1.18 bits per heavy atom. The molecule has 1 unspecified atom stereocenters. The van der Waals surface area contributed by atoms with Crippen LogP contribution in [0.3, 0.4) is 0 Å². The molecule has 5 nitrogen and oxygen atoms in total. The van der Waals surface area contributed by atoms with Crippen LogP contribution in [0.15, 0.2) is 41.1 Å². The quantitative estimate of drug-likeness (QED) is 0.812. The zero-order valence-electron chi connectivity index (χ0n) is 12.6. The van der Waals surface area contributed by atoms with Crippen molar-refractivity contribution in [1.82, 2.24) is 5.32 Å². The number of hydrogen-bond acceptors (Lipinski definition) is 5. The van der Waals surface area contributed by atoms with Gasteiger partial charge in [-0.2, -0.15) is 11.3 Å². The molecule has 1 aromatic carbocycles. The lowest BCUT2D eigenvalue weighted by Gasteiger charge is -2.15. The van der Waals surface area contributed by atoms with E-state index in [9.17, 15) is 4.79 Å². The van der Waals surface area contributed by atoms with Gasteiger partial charge in [-0.3, -0.25) is 4.79 Å². The maximum atomic E-state index is 11.8. The van der Waals surface area contributed by atoms with E-state index in [1.54, 1.807) is 49.8 Å². The van der Waals surface area contributed by atoms with Crippen LogP contribution in [-0.2, 0) is 9.53 Å². The number of nitrogens with one attached hydrogen (secondary N) is 1. The molecule has 1 atom stereocenters. The Morgan fingerprint density at radius 2 is 1.91 bits per heavy atom.